The molecule has 4 heteroatoms. The van der Waals surface area contributed by atoms with E-state index in [1.165, 1.54) is 4.90 Å². The van der Waals surface area contributed by atoms with Crippen molar-refractivity contribution >= 4 is 17.5 Å². The minimum atomic E-state index is -0.628. The molecule has 21 heavy (non-hydrogen) atoms. The van der Waals surface area contributed by atoms with Gasteiger partial charge in [0, 0.05) is 0 Å². The van der Waals surface area contributed by atoms with Gasteiger partial charge >= 0.3 is 0 Å². The molecule has 1 aromatic rings. The standard InChI is InChI=1S/C17H17NO3/c1-9-4-5-11(8-10(9)2)18-15(19)13-12-6-7-17(3,21-12)14(13)16(18)20/h4-8,12-14H,1-3H3/t12-,13+,14-,17-/m1/s1. The second kappa shape index (κ2) is 3.83. The first-order valence-corrected chi connectivity index (χ1v) is 7.24. The smallest absolute Gasteiger partial charge is 0.241 e. The summed E-state index contributed by atoms with van der Waals surface area (Å²) in [5, 5.41) is 0. The van der Waals surface area contributed by atoms with Gasteiger partial charge in [-0.15, -0.1) is 0 Å². The molecular weight excluding hydrogens is 266 g/mol. The van der Waals surface area contributed by atoms with Crippen molar-refractivity contribution in [1.82, 2.24) is 0 Å². The molecule has 108 valence electrons. The number of carbonyl (C=O) groups excluding carboxylic acids is 2. The third-order valence-corrected chi connectivity index (χ3v) is 5.08. The Morgan fingerprint density at radius 1 is 1.14 bits per heavy atom. The molecule has 0 unspecified atom stereocenters. The Morgan fingerprint density at radius 2 is 1.90 bits per heavy atom. The van der Waals surface area contributed by atoms with Crippen molar-refractivity contribution < 1.29 is 14.3 Å². The minimum Gasteiger partial charge on any atom is -0.362 e. The van der Waals surface area contributed by atoms with E-state index in [0.29, 0.717) is 5.69 Å². The topological polar surface area (TPSA) is 46.6 Å². The highest BCUT2D eigenvalue weighted by molar-refractivity contribution is 6.23. The highest BCUT2D eigenvalue weighted by atomic mass is 16.5. The lowest BCUT2D eigenvalue weighted by molar-refractivity contribution is -0.126. The Balaban J connectivity index is 1.78. The number of nitrogens with zero attached hydrogens (tertiary/aromatic N) is 1. The monoisotopic (exact) mass is 283 g/mol. The first-order chi connectivity index (χ1) is 9.92. The lowest BCUT2D eigenvalue weighted by Gasteiger charge is -2.24. The molecular formula is C17H17NO3. The molecule has 4 rings (SSSR count). The van der Waals surface area contributed by atoms with Gasteiger partial charge in [-0.2, -0.15) is 0 Å². The van der Waals surface area contributed by atoms with Gasteiger partial charge in [0.1, 0.15) is 0 Å². The van der Waals surface area contributed by atoms with Crippen LogP contribution >= 0.6 is 0 Å². The first-order valence-electron chi connectivity index (χ1n) is 7.24. The zero-order valence-electron chi connectivity index (χ0n) is 12.3. The SMILES string of the molecule is Cc1ccc(N2C(=O)[C@H]3[C@H]4C=C[C@@](C)(O4)[C@H]3C2=O)cc1C. The van der Waals surface area contributed by atoms with Crippen molar-refractivity contribution in [2.45, 2.75) is 32.5 Å². The summed E-state index contributed by atoms with van der Waals surface area (Å²) in [7, 11) is 0. The maximum atomic E-state index is 12.8. The third kappa shape index (κ3) is 1.48. The van der Waals surface area contributed by atoms with Crippen LogP contribution in [0.2, 0.25) is 0 Å². The number of aryl methyl sites for hydroxylation is 2. The van der Waals surface area contributed by atoms with Crippen LogP contribution in [0.3, 0.4) is 0 Å². The predicted molar refractivity (Wildman–Crippen MR) is 77.8 cm³/mol. The number of benzene rings is 1. The molecule has 0 aliphatic carbocycles. The molecule has 2 amide bonds. The number of hydrogen-bond donors (Lipinski definition) is 0. The van der Waals surface area contributed by atoms with E-state index in [-0.39, 0.29) is 29.8 Å². The van der Waals surface area contributed by atoms with Gasteiger partial charge in [-0.05, 0) is 44.0 Å². The normalized spacial score (nSPS) is 36.7. The lowest BCUT2D eigenvalue weighted by atomic mass is 9.78. The number of carbonyl (C=O) groups is 2. The number of rotatable bonds is 1. The first kappa shape index (κ1) is 12.8. The summed E-state index contributed by atoms with van der Waals surface area (Å²) >= 11 is 0. The second-order valence-corrected chi connectivity index (χ2v) is 6.41. The Bertz CT molecular complexity index is 708. The van der Waals surface area contributed by atoms with Crippen molar-refractivity contribution in [3.8, 4) is 0 Å². The van der Waals surface area contributed by atoms with Gasteiger partial charge in [0.25, 0.3) is 0 Å². The maximum absolute atomic E-state index is 12.8. The van der Waals surface area contributed by atoms with Crippen LogP contribution in [-0.2, 0) is 14.3 Å². The number of amides is 2. The van der Waals surface area contributed by atoms with Gasteiger partial charge in [-0.1, -0.05) is 18.2 Å². The molecule has 3 aliphatic heterocycles. The molecule has 4 atom stereocenters. The fourth-order valence-electron chi connectivity index (χ4n) is 3.77. The average Bonchev–Trinajstić information content (AvgIpc) is 3.03. The van der Waals surface area contributed by atoms with Gasteiger partial charge in [0.2, 0.25) is 11.8 Å². The molecule has 0 N–H and O–H groups in total. The Kier molecular flexibility index (Phi) is 2.33. The van der Waals surface area contributed by atoms with Gasteiger partial charge in [0.05, 0.1) is 29.2 Å². The molecule has 0 saturated carbocycles. The van der Waals surface area contributed by atoms with Crippen LogP contribution in [0.4, 0.5) is 5.69 Å². The molecule has 2 bridgehead atoms. The predicted octanol–water partition coefficient (Wildman–Crippen LogP) is 2.14. The summed E-state index contributed by atoms with van der Waals surface area (Å²) < 4.78 is 5.82. The van der Waals surface area contributed by atoms with E-state index in [4.69, 9.17) is 4.74 Å². The van der Waals surface area contributed by atoms with Gasteiger partial charge in [0.15, 0.2) is 0 Å². The van der Waals surface area contributed by atoms with Gasteiger partial charge in [-0.25, -0.2) is 4.90 Å². The van der Waals surface area contributed by atoms with Crippen LogP contribution in [0.5, 0.6) is 0 Å². The van der Waals surface area contributed by atoms with E-state index in [2.05, 4.69) is 0 Å². The molecule has 0 radical (unpaired) electrons. The van der Waals surface area contributed by atoms with Crippen LogP contribution in [0.1, 0.15) is 18.1 Å². The number of hydrogen-bond acceptors (Lipinski definition) is 3. The number of ether oxygens (including phenoxy) is 1. The lowest BCUT2D eigenvalue weighted by Crippen LogP contribution is -2.38. The highest BCUT2D eigenvalue weighted by Crippen LogP contribution is 2.52. The van der Waals surface area contributed by atoms with E-state index < -0.39 is 5.60 Å². The highest BCUT2D eigenvalue weighted by Gasteiger charge is 2.65. The molecule has 0 aromatic heterocycles. The molecule has 3 aliphatic rings. The maximum Gasteiger partial charge on any atom is 0.241 e. The van der Waals surface area contributed by atoms with E-state index >= 15 is 0 Å². The zero-order valence-corrected chi connectivity index (χ0v) is 12.3. The Labute approximate surface area is 123 Å². The van der Waals surface area contributed by atoms with Crippen molar-refractivity contribution in [3.63, 3.8) is 0 Å². The van der Waals surface area contributed by atoms with Crippen LogP contribution in [0.25, 0.3) is 0 Å². The van der Waals surface area contributed by atoms with Crippen molar-refractivity contribution in [2.24, 2.45) is 11.8 Å². The van der Waals surface area contributed by atoms with E-state index in [0.717, 1.165) is 11.1 Å². The summed E-state index contributed by atoms with van der Waals surface area (Å²) in [5.74, 6) is -1.02. The fourth-order valence-corrected chi connectivity index (χ4v) is 3.77. The molecule has 2 fully saturated rings. The molecule has 1 aromatic carbocycles. The van der Waals surface area contributed by atoms with Crippen LogP contribution in [-0.4, -0.2) is 23.5 Å². The quantitative estimate of drug-likeness (QED) is 0.586. The van der Waals surface area contributed by atoms with Crippen molar-refractivity contribution in [2.75, 3.05) is 4.90 Å². The van der Waals surface area contributed by atoms with Crippen LogP contribution < -0.4 is 4.90 Å². The Morgan fingerprint density at radius 3 is 2.57 bits per heavy atom. The Hall–Kier alpha value is -1.94. The summed E-state index contributed by atoms with van der Waals surface area (Å²) in [6.45, 7) is 5.89. The van der Waals surface area contributed by atoms with Crippen LogP contribution in [0, 0.1) is 25.7 Å². The van der Waals surface area contributed by atoms with Crippen molar-refractivity contribution in [1.29, 1.82) is 0 Å². The molecule has 3 heterocycles. The summed E-state index contributed by atoms with van der Waals surface area (Å²) in [6, 6.07) is 5.70. The third-order valence-electron chi connectivity index (χ3n) is 5.08. The second-order valence-electron chi connectivity index (χ2n) is 6.41. The molecule has 2 saturated heterocycles. The zero-order chi connectivity index (χ0) is 14.9. The summed E-state index contributed by atoms with van der Waals surface area (Å²) in [4.78, 5) is 26.8. The van der Waals surface area contributed by atoms with Gasteiger partial charge in [-0.3, -0.25) is 9.59 Å². The van der Waals surface area contributed by atoms with Gasteiger partial charge < -0.3 is 4.74 Å². The summed E-state index contributed by atoms with van der Waals surface area (Å²) in [6.07, 6.45) is 3.58. The average molecular weight is 283 g/mol. The van der Waals surface area contributed by atoms with Crippen molar-refractivity contribution in [3.05, 3.63) is 41.5 Å². The van der Waals surface area contributed by atoms with Crippen LogP contribution in [0.15, 0.2) is 30.4 Å². The number of imide groups is 1. The van der Waals surface area contributed by atoms with E-state index in [1.54, 1.807) is 0 Å². The molecule has 4 nitrogen and oxygen atoms in total. The minimum absolute atomic E-state index is 0.133. The largest absolute Gasteiger partial charge is 0.362 e. The summed E-state index contributed by atoms with van der Waals surface area (Å²) in [5.41, 5.74) is 2.27. The fraction of sp³-hybridized carbons (Fsp3) is 0.412. The molecule has 0 spiro atoms. The number of anilines is 1. The van der Waals surface area contributed by atoms with E-state index in [1.807, 2.05) is 51.1 Å². The number of fused-ring (bicyclic) bond motifs is 5. The van der Waals surface area contributed by atoms with E-state index in [9.17, 15) is 9.59 Å².